The normalized spacial score (nSPS) is 11.5. The van der Waals surface area contributed by atoms with Crippen LogP contribution >= 0.6 is 11.6 Å². The Kier molecular flexibility index (Phi) is 6.28. The van der Waals surface area contributed by atoms with Crippen LogP contribution in [0.3, 0.4) is 0 Å². The molecule has 0 fully saturated rings. The number of carbonyl (C=O) groups is 1. The Morgan fingerprint density at radius 1 is 1.23 bits per heavy atom. The number of aromatic nitrogens is 2. The monoisotopic (exact) mass is 441 g/mol. The zero-order valence-corrected chi connectivity index (χ0v) is 16.3. The van der Waals surface area contributed by atoms with Gasteiger partial charge >= 0.3 is 17.9 Å². The van der Waals surface area contributed by atoms with Gasteiger partial charge in [-0.3, -0.25) is 4.79 Å². The van der Waals surface area contributed by atoms with Crippen LogP contribution in [0.15, 0.2) is 51.7 Å². The fraction of sp³-hybridized carbons (Fsp3) is 0.211. The highest BCUT2D eigenvalue weighted by Crippen LogP contribution is 2.30. The van der Waals surface area contributed by atoms with E-state index < -0.39 is 23.5 Å². The molecule has 3 rings (SSSR count). The molecule has 0 atom stereocenters. The third-order valence-electron chi connectivity index (χ3n) is 3.95. The van der Waals surface area contributed by atoms with Gasteiger partial charge in [0.05, 0.1) is 18.7 Å². The van der Waals surface area contributed by atoms with Crippen LogP contribution in [0.2, 0.25) is 5.02 Å². The number of hydrogen-bond acceptors (Lipinski definition) is 6. The van der Waals surface area contributed by atoms with Crippen molar-refractivity contribution < 1.29 is 27.1 Å². The number of nitrogens with zero attached hydrogens (tertiary/aromatic N) is 2. The van der Waals surface area contributed by atoms with E-state index in [-0.39, 0.29) is 30.3 Å². The Labute approximate surface area is 173 Å². The lowest BCUT2D eigenvalue weighted by atomic mass is 10.1. The van der Waals surface area contributed by atoms with Crippen LogP contribution in [-0.4, -0.2) is 29.3 Å². The second-order valence-corrected chi connectivity index (χ2v) is 6.60. The molecule has 0 radical (unpaired) electrons. The molecule has 30 heavy (non-hydrogen) atoms. The minimum absolute atomic E-state index is 0.0238. The maximum absolute atomic E-state index is 12.7. The SMILES string of the molecule is CNCC(=O)Oc1ccc(Cl)cc1Cn1nc(-c2ccc(C(F)(F)F)cc2)oc1=O. The van der Waals surface area contributed by atoms with Gasteiger partial charge in [0.2, 0.25) is 5.89 Å². The van der Waals surface area contributed by atoms with Crippen molar-refractivity contribution in [2.45, 2.75) is 12.7 Å². The summed E-state index contributed by atoms with van der Waals surface area (Å²) in [6.07, 6.45) is -4.48. The lowest BCUT2D eigenvalue weighted by molar-refractivity contribution is -0.137. The maximum atomic E-state index is 12.7. The lowest BCUT2D eigenvalue weighted by Gasteiger charge is -2.10. The van der Waals surface area contributed by atoms with E-state index in [1.54, 1.807) is 7.05 Å². The Morgan fingerprint density at radius 3 is 2.57 bits per heavy atom. The van der Waals surface area contributed by atoms with Gasteiger partial charge in [0.15, 0.2) is 0 Å². The van der Waals surface area contributed by atoms with Gasteiger partial charge in [0, 0.05) is 16.1 Å². The summed E-state index contributed by atoms with van der Waals surface area (Å²) in [7, 11) is 1.59. The van der Waals surface area contributed by atoms with Crippen LogP contribution in [0.1, 0.15) is 11.1 Å². The number of rotatable bonds is 6. The van der Waals surface area contributed by atoms with E-state index in [1.807, 2.05) is 0 Å². The number of likely N-dealkylation sites (N-methyl/N-ethyl adjacent to an activating group) is 1. The van der Waals surface area contributed by atoms with Gasteiger partial charge in [-0.05, 0) is 49.5 Å². The molecule has 3 aromatic rings. The number of esters is 1. The van der Waals surface area contributed by atoms with Crippen LogP contribution in [0.4, 0.5) is 13.2 Å². The molecule has 0 aliphatic rings. The highest BCUT2D eigenvalue weighted by molar-refractivity contribution is 6.30. The van der Waals surface area contributed by atoms with Crippen LogP contribution in [0, 0.1) is 0 Å². The Morgan fingerprint density at radius 2 is 1.93 bits per heavy atom. The number of nitrogens with one attached hydrogen (secondary N) is 1. The highest BCUT2D eigenvalue weighted by Gasteiger charge is 2.30. The molecule has 11 heteroatoms. The molecule has 0 amide bonds. The summed E-state index contributed by atoms with van der Waals surface area (Å²) in [6.45, 7) is -0.157. The summed E-state index contributed by atoms with van der Waals surface area (Å²) in [4.78, 5) is 23.9. The van der Waals surface area contributed by atoms with E-state index in [9.17, 15) is 22.8 Å². The van der Waals surface area contributed by atoms with Crippen molar-refractivity contribution in [1.29, 1.82) is 0 Å². The first-order chi connectivity index (χ1) is 14.2. The van der Waals surface area contributed by atoms with Crippen LogP contribution in [0.5, 0.6) is 5.75 Å². The van der Waals surface area contributed by atoms with Crippen molar-refractivity contribution in [3.05, 3.63) is 69.2 Å². The Hall–Kier alpha value is -3.11. The van der Waals surface area contributed by atoms with Crippen molar-refractivity contribution in [3.63, 3.8) is 0 Å². The summed E-state index contributed by atoms with van der Waals surface area (Å²) in [6, 6.07) is 8.54. The van der Waals surface area contributed by atoms with E-state index in [0.717, 1.165) is 28.9 Å². The molecule has 0 bridgehead atoms. The highest BCUT2D eigenvalue weighted by atomic mass is 35.5. The zero-order valence-electron chi connectivity index (χ0n) is 15.5. The number of carbonyl (C=O) groups excluding carboxylic acids is 1. The third kappa shape index (κ3) is 5.08. The maximum Gasteiger partial charge on any atom is 0.437 e. The van der Waals surface area contributed by atoms with Gasteiger partial charge in [-0.25, -0.2) is 4.79 Å². The topological polar surface area (TPSA) is 86.4 Å². The van der Waals surface area contributed by atoms with Crippen LogP contribution in [-0.2, 0) is 17.5 Å². The standard InChI is InChI=1S/C19H15ClF3N3O4/c1-24-9-16(27)29-15-7-6-14(20)8-12(15)10-26-18(28)30-17(25-26)11-2-4-13(5-3-11)19(21,22)23/h2-8,24H,9-10H2,1H3. The number of halogens is 4. The first kappa shape index (κ1) is 21.6. The number of alkyl halides is 3. The predicted octanol–water partition coefficient (Wildman–Crippen LogP) is 3.35. The van der Waals surface area contributed by atoms with Crippen molar-refractivity contribution in [3.8, 4) is 17.2 Å². The molecular weight excluding hydrogens is 427 g/mol. The van der Waals surface area contributed by atoms with Crippen LogP contribution in [0.25, 0.3) is 11.5 Å². The lowest BCUT2D eigenvalue weighted by Crippen LogP contribution is -2.24. The van der Waals surface area contributed by atoms with Crippen molar-refractivity contribution in [1.82, 2.24) is 15.1 Å². The summed E-state index contributed by atoms with van der Waals surface area (Å²) >= 11 is 6.00. The molecule has 0 aliphatic heterocycles. The second-order valence-electron chi connectivity index (χ2n) is 6.16. The van der Waals surface area contributed by atoms with E-state index >= 15 is 0 Å². The van der Waals surface area contributed by atoms with E-state index in [2.05, 4.69) is 10.4 Å². The number of ether oxygens (including phenoxy) is 1. The van der Waals surface area contributed by atoms with E-state index in [0.29, 0.717) is 10.6 Å². The number of benzene rings is 2. The largest absolute Gasteiger partial charge is 0.437 e. The molecule has 0 unspecified atom stereocenters. The molecule has 1 N–H and O–H groups in total. The van der Waals surface area contributed by atoms with Gasteiger partial charge in [-0.1, -0.05) is 11.6 Å². The molecule has 0 saturated heterocycles. The fourth-order valence-electron chi connectivity index (χ4n) is 2.56. The summed E-state index contributed by atoms with van der Waals surface area (Å²) < 4.78 is 49.3. The molecular formula is C19H15ClF3N3O4. The predicted molar refractivity (Wildman–Crippen MR) is 101 cm³/mol. The first-order valence-electron chi connectivity index (χ1n) is 8.56. The molecule has 0 spiro atoms. The van der Waals surface area contributed by atoms with E-state index in [4.69, 9.17) is 20.8 Å². The fourth-order valence-corrected chi connectivity index (χ4v) is 2.75. The number of hydrogen-bond donors (Lipinski definition) is 1. The average molecular weight is 442 g/mol. The van der Waals surface area contributed by atoms with Crippen LogP contribution < -0.4 is 15.8 Å². The molecule has 158 valence electrons. The molecule has 7 nitrogen and oxygen atoms in total. The quantitative estimate of drug-likeness (QED) is 0.466. The third-order valence-corrected chi connectivity index (χ3v) is 4.19. The summed E-state index contributed by atoms with van der Waals surface area (Å²) in [5.74, 6) is -1.34. The summed E-state index contributed by atoms with van der Waals surface area (Å²) in [5.41, 5.74) is -0.244. The van der Waals surface area contributed by atoms with Crippen molar-refractivity contribution in [2.75, 3.05) is 13.6 Å². The van der Waals surface area contributed by atoms with Gasteiger partial charge < -0.3 is 14.5 Å². The van der Waals surface area contributed by atoms with Gasteiger partial charge in [0.25, 0.3) is 0 Å². The van der Waals surface area contributed by atoms with Crippen molar-refractivity contribution in [2.24, 2.45) is 0 Å². The molecule has 0 saturated carbocycles. The van der Waals surface area contributed by atoms with Gasteiger partial charge in [-0.15, -0.1) is 5.10 Å². The van der Waals surface area contributed by atoms with Gasteiger partial charge in [0.1, 0.15) is 5.75 Å². The van der Waals surface area contributed by atoms with E-state index in [1.165, 1.54) is 18.2 Å². The average Bonchev–Trinajstić information content (AvgIpc) is 3.04. The molecule has 1 aromatic heterocycles. The smallest absolute Gasteiger partial charge is 0.425 e. The molecule has 0 aliphatic carbocycles. The Bertz CT molecular complexity index is 1110. The molecule has 2 aromatic carbocycles. The Balaban J connectivity index is 1.87. The second kappa shape index (κ2) is 8.72. The zero-order chi connectivity index (χ0) is 21.9. The minimum atomic E-state index is -4.48. The van der Waals surface area contributed by atoms with Crippen molar-refractivity contribution >= 4 is 17.6 Å². The van der Waals surface area contributed by atoms with Gasteiger partial charge in [-0.2, -0.15) is 17.9 Å². The molecule has 1 heterocycles. The first-order valence-corrected chi connectivity index (χ1v) is 8.94. The summed E-state index contributed by atoms with van der Waals surface area (Å²) in [5, 5.41) is 7.02. The minimum Gasteiger partial charge on any atom is -0.425 e.